The van der Waals surface area contributed by atoms with Gasteiger partial charge in [-0.1, -0.05) is 39.0 Å². The van der Waals surface area contributed by atoms with E-state index >= 15 is 0 Å². The first-order valence-corrected chi connectivity index (χ1v) is 21.1. The molecule has 0 radical (unpaired) electrons. The summed E-state index contributed by atoms with van der Waals surface area (Å²) >= 11 is 0. The van der Waals surface area contributed by atoms with Crippen LogP contribution < -0.4 is 10.6 Å². The molecule has 17 heteroatoms. The molecule has 0 aromatic carbocycles. The summed E-state index contributed by atoms with van der Waals surface area (Å²) in [6, 6.07) is 0.0663. The maximum Gasteiger partial charge on any atom is 0.146 e. The highest BCUT2D eigenvalue weighted by atomic mass is 16.7. The van der Waals surface area contributed by atoms with Crippen LogP contribution in [0.5, 0.6) is 0 Å². The zero-order chi connectivity index (χ0) is 42.4. The highest BCUT2D eigenvalue weighted by Gasteiger charge is 2.17. The molecule has 0 aromatic rings. The highest BCUT2D eigenvalue weighted by molar-refractivity contribution is 4.70. The number of hydrogen-bond donors (Lipinski definition) is 6. The first kappa shape index (κ1) is 56.3. The minimum atomic E-state index is -0.793. The second-order valence-electron chi connectivity index (χ2n) is 14.9. The van der Waals surface area contributed by atoms with Crippen molar-refractivity contribution in [1.82, 2.24) is 15.5 Å². The molecule has 8 atom stereocenters. The topological polar surface area (TPSA) is 201 Å². The predicted octanol–water partition coefficient (Wildman–Crippen LogP) is 1.17. The third kappa shape index (κ3) is 39.2. The molecular weight excluding hydrogens is 746 g/mol. The van der Waals surface area contributed by atoms with Gasteiger partial charge >= 0.3 is 0 Å². The SMILES string of the molecule is CCCCCCCCN(CC(O)COCOCC(O)CNC(C)COC(C)COCCOC)CC(O)COCOCC(O)CNC(C)COC(C)COCCOC. The lowest BCUT2D eigenvalue weighted by atomic mass is 10.1. The van der Waals surface area contributed by atoms with Crippen molar-refractivity contribution in [2.45, 2.75) is 122 Å². The van der Waals surface area contributed by atoms with Crippen molar-refractivity contribution in [3.63, 3.8) is 0 Å². The first-order valence-electron chi connectivity index (χ1n) is 21.1. The van der Waals surface area contributed by atoms with E-state index in [2.05, 4.69) is 17.6 Å². The Bertz CT molecular complexity index is 774. The molecule has 0 amide bonds. The van der Waals surface area contributed by atoms with E-state index in [1.54, 1.807) is 14.2 Å². The first-order chi connectivity index (χ1) is 27.5. The van der Waals surface area contributed by atoms with E-state index in [1.807, 2.05) is 32.6 Å². The van der Waals surface area contributed by atoms with E-state index in [9.17, 15) is 20.4 Å². The third-order valence-electron chi connectivity index (χ3n) is 8.57. The fourth-order valence-electron chi connectivity index (χ4n) is 5.34. The summed E-state index contributed by atoms with van der Waals surface area (Å²) in [5.74, 6) is 0. The maximum absolute atomic E-state index is 10.7. The Morgan fingerprint density at radius 2 is 0.877 bits per heavy atom. The number of unbranched alkanes of at least 4 members (excludes halogenated alkanes) is 5. The number of hydrogen-bond acceptors (Lipinski definition) is 17. The molecular formula is C40H85N3O14. The van der Waals surface area contributed by atoms with Crippen LogP contribution in [0.3, 0.4) is 0 Å². The van der Waals surface area contributed by atoms with Crippen LogP contribution in [0.2, 0.25) is 0 Å². The van der Waals surface area contributed by atoms with E-state index in [0.29, 0.717) is 79.0 Å². The standard InChI is InChI=1S/C40H85N3O14/c1-8-9-10-11-12-13-14-43(21-39(46)29-54-31-52-27-37(44)19-41-33(2)23-56-35(4)25-50-17-15-48-6)22-40(47)30-55-32-53-28-38(45)20-42-34(3)24-57-36(5)26-51-18-16-49-7/h33-42,44-47H,8-32H2,1-7H3. The molecule has 6 N–H and O–H groups in total. The zero-order valence-electron chi connectivity index (χ0n) is 36.6. The molecule has 0 fully saturated rings. The smallest absolute Gasteiger partial charge is 0.146 e. The van der Waals surface area contributed by atoms with E-state index in [4.69, 9.17) is 47.4 Å². The lowest BCUT2D eigenvalue weighted by molar-refractivity contribution is -0.106. The summed E-state index contributed by atoms with van der Waals surface area (Å²) in [5.41, 5.74) is 0. The van der Waals surface area contributed by atoms with Gasteiger partial charge in [0.1, 0.15) is 13.6 Å². The minimum absolute atomic E-state index is 0.0331. The quantitative estimate of drug-likeness (QED) is 0.0377. The Hall–Kier alpha value is -0.680. The Labute approximate surface area is 344 Å². The average Bonchev–Trinajstić information content (AvgIpc) is 3.18. The van der Waals surface area contributed by atoms with Gasteiger partial charge in [0, 0.05) is 52.5 Å². The van der Waals surface area contributed by atoms with E-state index in [-0.39, 0.29) is 64.3 Å². The molecule has 8 unspecified atom stereocenters. The summed E-state index contributed by atoms with van der Waals surface area (Å²) in [7, 11) is 3.27. The van der Waals surface area contributed by atoms with Gasteiger partial charge in [0.2, 0.25) is 0 Å². The molecule has 0 rings (SSSR count). The van der Waals surface area contributed by atoms with Crippen LogP contribution in [-0.2, 0) is 47.4 Å². The van der Waals surface area contributed by atoms with Gasteiger partial charge in [-0.3, -0.25) is 4.90 Å². The zero-order valence-corrected chi connectivity index (χ0v) is 36.6. The Morgan fingerprint density at radius 3 is 1.30 bits per heavy atom. The molecule has 0 aliphatic carbocycles. The van der Waals surface area contributed by atoms with Gasteiger partial charge in [-0.25, -0.2) is 0 Å². The molecule has 0 heterocycles. The summed E-state index contributed by atoms with van der Waals surface area (Å²) < 4.78 is 54.4. The molecule has 0 aliphatic rings. The molecule has 57 heavy (non-hydrogen) atoms. The molecule has 0 saturated heterocycles. The number of rotatable bonds is 45. The molecule has 0 aliphatic heterocycles. The number of ether oxygens (including phenoxy) is 10. The third-order valence-corrected chi connectivity index (χ3v) is 8.57. The van der Waals surface area contributed by atoms with Gasteiger partial charge in [-0.2, -0.15) is 0 Å². The Kier molecular flexibility index (Phi) is 40.2. The van der Waals surface area contributed by atoms with Crippen molar-refractivity contribution in [2.24, 2.45) is 0 Å². The van der Waals surface area contributed by atoms with Gasteiger partial charge in [0.25, 0.3) is 0 Å². The maximum atomic E-state index is 10.7. The van der Waals surface area contributed by atoms with Crippen LogP contribution in [-0.4, -0.2) is 214 Å². The van der Waals surface area contributed by atoms with Crippen LogP contribution in [0.25, 0.3) is 0 Å². The second-order valence-corrected chi connectivity index (χ2v) is 14.9. The summed E-state index contributed by atoms with van der Waals surface area (Å²) in [6.45, 7) is 16.3. The van der Waals surface area contributed by atoms with Crippen LogP contribution in [0.4, 0.5) is 0 Å². The van der Waals surface area contributed by atoms with Crippen LogP contribution in [0.1, 0.15) is 73.1 Å². The summed E-state index contributed by atoms with van der Waals surface area (Å²) in [6.07, 6.45) is 3.66. The number of nitrogens with zero attached hydrogens (tertiary/aromatic N) is 1. The number of aliphatic hydroxyl groups excluding tert-OH is 4. The molecule has 0 spiro atoms. The molecule has 0 aromatic heterocycles. The lowest BCUT2D eigenvalue weighted by Crippen LogP contribution is -2.41. The predicted molar refractivity (Wildman–Crippen MR) is 219 cm³/mol. The number of methoxy groups -OCH3 is 2. The monoisotopic (exact) mass is 832 g/mol. The van der Waals surface area contributed by atoms with Gasteiger partial charge < -0.3 is 78.4 Å². The summed E-state index contributed by atoms with van der Waals surface area (Å²) in [4.78, 5) is 2.02. The van der Waals surface area contributed by atoms with Crippen molar-refractivity contribution < 1.29 is 67.8 Å². The van der Waals surface area contributed by atoms with Crippen molar-refractivity contribution >= 4 is 0 Å². The van der Waals surface area contributed by atoms with E-state index in [1.165, 1.54) is 19.3 Å². The minimum Gasteiger partial charge on any atom is -0.389 e. The van der Waals surface area contributed by atoms with Gasteiger partial charge in [-0.15, -0.1) is 0 Å². The molecule has 17 nitrogen and oxygen atoms in total. The van der Waals surface area contributed by atoms with Crippen molar-refractivity contribution in [3.05, 3.63) is 0 Å². The van der Waals surface area contributed by atoms with E-state index in [0.717, 1.165) is 25.8 Å². The van der Waals surface area contributed by atoms with E-state index < -0.39 is 24.4 Å². The average molecular weight is 832 g/mol. The Morgan fingerprint density at radius 1 is 0.474 bits per heavy atom. The lowest BCUT2D eigenvalue weighted by Gasteiger charge is -2.27. The Balaban J connectivity index is 4.31. The van der Waals surface area contributed by atoms with Gasteiger partial charge in [0.15, 0.2) is 0 Å². The van der Waals surface area contributed by atoms with Crippen molar-refractivity contribution in [3.8, 4) is 0 Å². The fraction of sp³-hybridized carbons (Fsp3) is 1.00. The van der Waals surface area contributed by atoms with Crippen molar-refractivity contribution in [1.29, 1.82) is 0 Å². The normalized spacial score (nSPS) is 16.4. The fourth-order valence-corrected chi connectivity index (χ4v) is 5.34. The molecule has 344 valence electrons. The second kappa shape index (κ2) is 40.7. The largest absolute Gasteiger partial charge is 0.389 e. The molecule has 0 bridgehead atoms. The summed E-state index contributed by atoms with van der Waals surface area (Å²) in [5, 5.41) is 48.4. The number of aliphatic hydroxyl groups is 4. The van der Waals surface area contributed by atoms with Crippen LogP contribution in [0.15, 0.2) is 0 Å². The van der Waals surface area contributed by atoms with Gasteiger partial charge in [0.05, 0.1) is 116 Å². The van der Waals surface area contributed by atoms with Crippen LogP contribution >= 0.6 is 0 Å². The highest BCUT2D eigenvalue weighted by Crippen LogP contribution is 2.08. The number of nitrogens with one attached hydrogen (secondary N) is 2. The van der Waals surface area contributed by atoms with Crippen LogP contribution in [0, 0.1) is 0 Å². The molecule has 0 saturated carbocycles. The van der Waals surface area contributed by atoms with Gasteiger partial charge in [-0.05, 0) is 40.7 Å². The van der Waals surface area contributed by atoms with Crippen molar-refractivity contribution in [2.75, 3.05) is 140 Å².